The van der Waals surface area contributed by atoms with Crippen molar-refractivity contribution in [1.82, 2.24) is 0 Å². The average molecular weight is 485 g/mol. The molecule has 0 unspecified atom stereocenters. The highest BCUT2D eigenvalue weighted by Crippen LogP contribution is 2.44. The van der Waals surface area contributed by atoms with Gasteiger partial charge < -0.3 is 19.9 Å². The maximum Gasteiger partial charge on any atom is 0.355 e. The van der Waals surface area contributed by atoms with E-state index in [4.69, 9.17) is 31.5 Å². The van der Waals surface area contributed by atoms with Gasteiger partial charge in [0.05, 0.1) is 37.9 Å². The zero-order valence-corrected chi connectivity index (χ0v) is 20.0. The van der Waals surface area contributed by atoms with Gasteiger partial charge in [-0.2, -0.15) is 0 Å². The summed E-state index contributed by atoms with van der Waals surface area (Å²) >= 11 is 6.06. The normalized spacial score (nSPS) is 15.8. The zero-order valence-electron chi connectivity index (χ0n) is 19.3. The number of methoxy groups -OCH3 is 2. The predicted molar refractivity (Wildman–Crippen MR) is 127 cm³/mol. The van der Waals surface area contributed by atoms with Crippen LogP contribution in [0.1, 0.15) is 24.0 Å². The van der Waals surface area contributed by atoms with Crippen LogP contribution >= 0.6 is 11.6 Å². The van der Waals surface area contributed by atoms with Gasteiger partial charge in [-0.05, 0) is 49.2 Å². The summed E-state index contributed by atoms with van der Waals surface area (Å²) in [6, 6.07) is 13.6. The minimum Gasteiger partial charge on any atom is -0.466 e. The van der Waals surface area contributed by atoms with E-state index in [0.717, 1.165) is 5.56 Å². The van der Waals surface area contributed by atoms with Crippen molar-refractivity contribution in [3.05, 3.63) is 87.3 Å². The molecule has 2 aromatic carbocycles. The quantitative estimate of drug-likeness (QED) is 0.489. The monoisotopic (exact) mass is 484 g/mol. The number of halogens is 1. The topological polar surface area (TPSA) is 108 Å². The van der Waals surface area contributed by atoms with Crippen molar-refractivity contribution in [3.8, 4) is 0 Å². The van der Waals surface area contributed by atoms with E-state index < -0.39 is 23.8 Å². The number of anilines is 1. The van der Waals surface area contributed by atoms with E-state index >= 15 is 0 Å². The highest BCUT2D eigenvalue weighted by molar-refractivity contribution is 6.30. The van der Waals surface area contributed by atoms with Gasteiger partial charge in [0.1, 0.15) is 11.5 Å². The van der Waals surface area contributed by atoms with Crippen molar-refractivity contribution in [2.45, 2.75) is 19.8 Å². The molecule has 1 aliphatic rings. The number of ether oxygens (including phenoxy) is 3. The van der Waals surface area contributed by atoms with Gasteiger partial charge in [0.15, 0.2) is 0 Å². The van der Waals surface area contributed by atoms with E-state index in [-0.39, 0.29) is 29.3 Å². The molecule has 2 aromatic rings. The molecule has 0 aromatic heterocycles. The van der Waals surface area contributed by atoms with E-state index in [2.05, 4.69) is 0 Å². The molecule has 3 rings (SSSR count). The largest absolute Gasteiger partial charge is 0.466 e. The lowest BCUT2D eigenvalue weighted by Crippen LogP contribution is -2.42. The summed E-state index contributed by atoms with van der Waals surface area (Å²) in [5.41, 5.74) is 8.08. The van der Waals surface area contributed by atoms with Crippen LogP contribution in [-0.2, 0) is 28.6 Å². The van der Waals surface area contributed by atoms with Crippen LogP contribution < -0.4 is 10.6 Å². The number of hydrogen-bond donors (Lipinski definition) is 1. The number of nitrogens with two attached hydrogens (primary N) is 1. The van der Waals surface area contributed by atoms with Crippen molar-refractivity contribution < 1.29 is 28.6 Å². The Morgan fingerprint density at radius 2 is 1.62 bits per heavy atom. The smallest absolute Gasteiger partial charge is 0.355 e. The minimum atomic E-state index is -1.07. The molecule has 0 amide bonds. The van der Waals surface area contributed by atoms with Crippen LogP contribution in [0.15, 0.2) is 71.2 Å². The molecule has 34 heavy (non-hydrogen) atoms. The van der Waals surface area contributed by atoms with Gasteiger partial charge in [-0.15, -0.1) is 0 Å². The van der Waals surface area contributed by atoms with E-state index in [1.807, 2.05) is 13.0 Å². The fourth-order valence-electron chi connectivity index (χ4n) is 3.87. The number of carbonyl (C=O) groups is 3. The number of rotatable bonds is 6. The van der Waals surface area contributed by atoms with Gasteiger partial charge in [0.2, 0.25) is 0 Å². The molecule has 0 fully saturated rings. The average Bonchev–Trinajstić information content (AvgIpc) is 2.82. The number of hydrogen-bond acceptors (Lipinski definition) is 8. The van der Waals surface area contributed by atoms with Crippen LogP contribution in [0.2, 0.25) is 5.02 Å². The summed E-state index contributed by atoms with van der Waals surface area (Å²) in [6.07, 6.45) is 0. The lowest BCUT2D eigenvalue weighted by Gasteiger charge is -2.37. The highest BCUT2D eigenvalue weighted by Gasteiger charge is 2.45. The molecule has 8 nitrogen and oxygen atoms in total. The number of nitrogens with zero attached hydrogens (tertiary/aromatic N) is 1. The second kappa shape index (κ2) is 10.4. The lowest BCUT2D eigenvalue weighted by molar-refractivity contribution is -0.141. The number of aryl methyl sites for hydroxylation is 1. The van der Waals surface area contributed by atoms with Crippen LogP contribution in [-0.4, -0.2) is 38.7 Å². The first-order chi connectivity index (χ1) is 16.2. The molecular formula is C25H25ClN2O6. The molecule has 1 heterocycles. The van der Waals surface area contributed by atoms with Gasteiger partial charge >= 0.3 is 17.9 Å². The van der Waals surface area contributed by atoms with Crippen LogP contribution in [0, 0.1) is 6.92 Å². The van der Waals surface area contributed by atoms with Crippen LogP contribution in [0.3, 0.4) is 0 Å². The molecule has 2 N–H and O–H groups in total. The maximum absolute atomic E-state index is 13.2. The third-order valence-electron chi connectivity index (χ3n) is 5.32. The Bertz CT molecular complexity index is 1190. The van der Waals surface area contributed by atoms with Gasteiger partial charge in [0, 0.05) is 10.7 Å². The molecular weight excluding hydrogens is 460 g/mol. The van der Waals surface area contributed by atoms with E-state index in [1.54, 1.807) is 49.4 Å². The highest BCUT2D eigenvalue weighted by atomic mass is 35.5. The zero-order chi connectivity index (χ0) is 25.0. The van der Waals surface area contributed by atoms with E-state index in [1.165, 1.54) is 19.1 Å². The summed E-state index contributed by atoms with van der Waals surface area (Å²) in [4.78, 5) is 40.8. The minimum absolute atomic E-state index is 0.0151. The maximum atomic E-state index is 13.2. The van der Waals surface area contributed by atoms with Crippen molar-refractivity contribution in [1.29, 1.82) is 0 Å². The van der Waals surface area contributed by atoms with Gasteiger partial charge in [-0.1, -0.05) is 35.9 Å². The first-order valence-corrected chi connectivity index (χ1v) is 10.8. The Morgan fingerprint density at radius 1 is 0.971 bits per heavy atom. The Balaban J connectivity index is 2.45. The summed E-state index contributed by atoms with van der Waals surface area (Å²) in [7, 11) is 2.38. The second-order valence-electron chi connectivity index (χ2n) is 7.42. The Kier molecular flexibility index (Phi) is 7.63. The Morgan fingerprint density at radius 3 is 2.18 bits per heavy atom. The third-order valence-corrected chi connectivity index (χ3v) is 5.57. The standard InChI is InChI=1S/C25H25ClN2O6/c1-5-34-24(30)20-18(15-9-11-16(26)12-10-15)19(23(29)32-3)21(25(31)33-4)28(22(20)27)17-8-6-7-14(2)13-17/h6-13,18H,5,27H2,1-4H3/t18-/m1/s1. The van der Waals surface area contributed by atoms with Gasteiger partial charge in [-0.3, -0.25) is 4.90 Å². The molecule has 0 saturated carbocycles. The fraction of sp³-hybridized carbons (Fsp3) is 0.240. The second-order valence-corrected chi connectivity index (χ2v) is 7.86. The summed E-state index contributed by atoms with van der Waals surface area (Å²) in [6.45, 7) is 3.59. The Labute approximate surface area is 202 Å². The van der Waals surface area contributed by atoms with Crippen LogP contribution in [0.25, 0.3) is 0 Å². The molecule has 178 valence electrons. The van der Waals surface area contributed by atoms with Crippen LogP contribution in [0.5, 0.6) is 0 Å². The molecule has 0 bridgehead atoms. The molecule has 0 saturated heterocycles. The summed E-state index contributed by atoms with van der Waals surface area (Å²) in [5, 5.41) is 0.451. The van der Waals surface area contributed by atoms with Crippen molar-refractivity contribution in [2.24, 2.45) is 5.73 Å². The molecule has 0 spiro atoms. The first kappa shape index (κ1) is 24.9. The SMILES string of the molecule is CCOC(=O)C1=C(N)N(c2cccc(C)c2)C(C(=O)OC)=C(C(=O)OC)[C@H]1c1ccc(Cl)cc1. The van der Waals surface area contributed by atoms with Crippen molar-refractivity contribution >= 4 is 35.2 Å². The summed E-state index contributed by atoms with van der Waals surface area (Å²) < 4.78 is 15.4. The number of esters is 3. The summed E-state index contributed by atoms with van der Waals surface area (Å²) in [5.74, 6) is -3.53. The van der Waals surface area contributed by atoms with Crippen LogP contribution in [0.4, 0.5) is 5.69 Å². The third kappa shape index (κ3) is 4.63. The van der Waals surface area contributed by atoms with E-state index in [0.29, 0.717) is 16.3 Å². The van der Waals surface area contributed by atoms with Gasteiger partial charge in [-0.25, -0.2) is 14.4 Å². The first-order valence-electron chi connectivity index (χ1n) is 10.4. The molecule has 1 atom stereocenters. The number of carbonyl (C=O) groups excluding carboxylic acids is 3. The number of benzene rings is 2. The van der Waals surface area contributed by atoms with Gasteiger partial charge in [0.25, 0.3) is 0 Å². The van der Waals surface area contributed by atoms with Crippen molar-refractivity contribution in [3.63, 3.8) is 0 Å². The molecule has 9 heteroatoms. The molecule has 0 aliphatic carbocycles. The van der Waals surface area contributed by atoms with Crippen molar-refractivity contribution in [2.75, 3.05) is 25.7 Å². The Hall–Kier alpha value is -3.78. The van der Waals surface area contributed by atoms with E-state index in [9.17, 15) is 14.4 Å². The predicted octanol–water partition coefficient (Wildman–Crippen LogP) is 3.59. The lowest BCUT2D eigenvalue weighted by atomic mass is 9.80. The molecule has 1 aliphatic heterocycles. The fourth-order valence-corrected chi connectivity index (χ4v) is 3.99. The molecule has 0 radical (unpaired) electrons.